The van der Waals surface area contributed by atoms with Gasteiger partial charge >= 0.3 is 6.09 Å². The summed E-state index contributed by atoms with van der Waals surface area (Å²) < 4.78 is 11.7. The Labute approximate surface area is 287 Å². The van der Waals surface area contributed by atoms with Crippen LogP contribution in [0.4, 0.5) is 16.2 Å². The number of carbonyl (C=O) groups excluding carboxylic acids is 2. The van der Waals surface area contributed by atoms with Crippen LogP contribution in [0, 0.1) is 0 Å². The highest BCUT2D eigenvalue weighted by atomic mass is 16.6. The molecule has 6 rings (SSSR count). The number of ether oxygens (including phenoxy) is 2. The number of nitrogens with zero attached hydrogens (tertiary/aromatic N) is 3. The van der Waals surface area contributed by atoms with Crippen molar-refractivity contribution >= 4 is 34.4 Å². The number of fused-ring (bicyclic) bond motifs is 1. The number of hydrogen-bond donors (Lipinski definition) is 3. The van der Waals surface area contributed by atoms with Gasteiger partial charge in [-0.05, 0) is 75.2 Å². The summed E-state index contributed by atoms with van der Waals surface area (Å²) in [5.41, 5.74) is 5.90. The van der Waals surface area contributed by atoms with Crippen LogP contribution >= 0.6 is 0 Å². The van der Waals surface area contributed by atoms with E-state index in [1.807, 2.05) is 39.0 Å². The zero-order chi connectivity index (χ0) is 34.4. The van der Waals surface area contributed by atoms with Crippen LogP contribution in [0.25, 0.3) is 22.4 Å². The highest BCUT2D eigenvalue weighted by Gasteiger charge is 2.22. The van der Waals surface area contributed by atoms with Crippen molar-refractivity contribution < 1.29 is 19.1 Å². The van der Waals surface area contributed by atoms with Crippen LogP contribution in [0.2, 0.25) is 0 Å². The lowest BCUT2D eigenvalue weighted by molar-refractivity contribution is 0.102. The molecule has 1 fully saturated rings. The van der Waals surface area contributed by atoms with E-state index in [-0.39, 0.29) is 11.3 Å². The molecule has 0 spiro atoms. The van der Waals surface area contributed by atoms with Crippen molar-refractivity contribution in [2.75, 3.05) is 49.5 Å². The molecule has 0 saturated carbocycles. The fourth-order valence-corrected chi connectivity index (χ4v) is 5.83. The van der Waals surface area contributed by atoms with Crippen LogP contribution in [0.15, 0.2) is 91.0 Å². The van der Waals surface area contributed by atoms with Gasteiger partial charge in [0, 0.05) is 49.5 Å². The number of aromatic nitrogens is 2. The molecular weight excluding hydrogens is 616 g/mol. The van der Waals surface area contributed by atoms with Gasteiger partial charge in [0.1, 0.15) is 29.4 Å². The van der Waals surface area contributed by atoms with Gasteiger partial charge in [-0.2, -0.15) is 0 Å². The molecule has 49 heavy (non-hydrogen) atoms. The molecule has 2 amide bonds. The molecule has 1 aliphatic heterocycles. The smallest absolute Gasteiger partial charge is 0.413 e. The van der Waals surface area contributed by atoms with E-state index in [0.717, 1.165) is 67.3 Å². The minimum atomic E-state index is -0.639. The van der Waals surface area contributed by atoms with Gasteiger partial charge in [-0.25, -0.2) is 9.78 Å². The molecule has 1 aliphatic rings. The molecule has 5 aromatic rings. The van der Waals surface area contributed by atoms with Crippen LogP contribution < -0.4 is 25.0 Å². The normalized spacial score (nSPS) is 13.7. The number of nitrogens with one attached hydrogen (secondary N) is 3. The fraction of sp³-hybridized carbons (Fsp3) is 0.308. The quantitative estimate of drug-likeness (QED) is 0.146. The Balaban J connectivity index is 1.07. The largest absolute Gasteiger partial charge is 0.492 e. The van der Waals surface area contributed by atoms with Crippen LogP contribution in [-0.4, -0.2) is 71.7 Å². The van der Waals surface area contributed by atoms with Crippen LogP contribution in [0.1, 0.15) is 43.6 Å². The molecule has 0 aliphatic carbocycles. The van der Waals surface area contributed by atoms with Crippen molar-refractivity contribution in [3.8, 4) is 22.9 Å². The summed E-state index contributed by atoms with van der Waals surface area (Å²) in [4.78, 5) is 39.1. The maximum Gasteiger partial charge on any atom is 0.413 e. The Morgan fingerprint density at radius 2 is 1.65 bits per heavy atom. The van der Waals surface area contributed by atoms with Gasteiger partial charge < -0.3 is 30.0 Å². The maximum atomic E-state index is 13.3. The molecule has 1 saturated heterocycles. The molecular formula is C39H44N6O4. The minimum absolute atomic E-state index is 0.145. The van der Waals surface area contributed by atoms with Crippen molar-refractivity contribution in [1.82, 2.24) is 20.2 Å². The van der Waals surface area contributed by atoms with Gasteiger partial charge in [-0.15, -0.1) is 0 Å². The first-order chi connectivity index (χ1) is 23.6. The Bertz CT molecular complexity index is 1890. The number of rotatable bonds is 10. The number of aromatic amines is 1. The molecule has 2 heterocycles. The third kappa shape index (κ3) is 8.58. The summed E-state index contributed by atoms with van der Waals surface area (Å²) in [6.45, 7) is 12.4. The van der Waals surface area contributed by atoms with Gasteiger partial charge in [-0.3, -0.25) is 9.69 Å². The van der Waals surface area contributed by atoms with Crippen molar-refractivity contribution in [1.29, 1.82) is 0 Å². The minimum Gasteiger partial charge on any atom is -0.492 e. The maximum absolute atomic E-state index is 13.3. The Morgan fingerprint density at radius 3 is 2.37 bits per heavy atom. The number of carbonyl (C=O) groups is 2. The Morgan fingerprint density at radius 1 is 0.898 bits per heavy atom. The third-order valence-corrected chi connectivity index (χ3v) is 8.42. The molecule has 10 nitrogen and oxygen atoms in total. The van der Waals surface area contributed by atoms with E-state index in [9.17, 15) is 9.59 Å². The first-order valence-corrected chi connectivity index (χ1v) is 16.8. The second-order valence-electron chi connectivity index (χ2n) is 13.2. The summed E-state index contributed by atoms with van der Waals surface area (Å²) in [6.07, 6.45) is 0.374. The van der Waals surface area contributed by atoms with Crippen LogP contribution in [0.5, 0.6) is 11.5 Å². The first-order valence-electron chi connectivity index (χ1n) is 16.8. The number of benzene rings is 4. The number of piperazine rings is 1. The third-order valence-electron chi connectivity index (χ3n) is 8.42. The molecule has 1 aromatic heterocycles. The van der Waals surface area contributed by atoms with Gasteiger partial charge in [0.15, 0.2) is 0 Å². The molecule has 0 atom stereocenters. The standard InChI is InChI=1S/C39H44N6O4/c1-5-27-14-16-28(17-15-27)36-41-32-12-9-13-33(35(32)42-36)45-22-20-44(21-23-45)24-25-48-30-18-19-34(49-38(47)43-39(2,3)4)31(26-30)37(46)40-29-10-7-6-8-11-29/h6-19,26H,5,20-25H2,1-4H3,(H,40,46)(H,41,42)(H,43,47). The summed E-state index contributed by atoms with van der Waals surface area (Å²) in [5, 5.41) is 5.64. The number of amides is 2. The molecule has 254 valence electrons. The Kier molecular flexibility index (Phi) is 10.1. The van der Waals surface area contributed by atoms with E-state index in [1.165, 1.54) is 5.56 Å². The molecule has 10 heteroatoms. The molecule has 4 aromatic carbocycles. The lowest BCUT2D eigenvalue weighted by Crippen LogP contribution is -2.47. The summed E-state index contributed by atoms with van der Waals surface area (Å²) >= 11 is 0. The number of H-pyrrole nitrogens is 1. The number of anilines is 2. The Hall–Kier alpha value is -5.35. The fourth-order valence-electron chi connectivity index (χ4n) is 5.83. The predicted molar refractivity (Wildman–Crippen MR) is 195 cm³/mol. The lowest BCUT2D eigenvalue weighted by atomic mass is 10.1. The number of para-hydroxylation sites is 2. The summed E-state index contributed by atoms with van der Waals surface area (Å²) in [7, 11) is 0. The van der Waals surface area contributed by atoms with E-state index in [0.29, 0.717) is 18.0 Å². The van der Waals surface area contributed by atoms with Crippen LogP contribution in [-0.2, 0) is 6.42 Å². The average molecular weight is 661 g/mol. The van der Waals surface area contributed by atoms with Crippen molar-refractivity contribution in [3.63, 3.8) is 0 Å². The van der Waals surface area contributed by atoms with Crippen molar-refractivity contribution in [3.05, 3.63) is 102 Å². The predicted octanol–water partition coefficient (Wildman–Crippen LogP) is 7.13. The molecule has 0 radical (unpaired) electrons. The monoisotopic (exact) mass is 660 g/mol. The van der Waals surface area contributed by atoms with E-state index < -0.39 is 17.5 Å². The first kappa shape index (κ1) is 33.5. The van der Waals surface area contributed by atoms with Gasteiger partial charge in [0.2, 0.25) is 0 Å². The van der Waals surface area contributed by atoms with E-state index in [1.54, 1.807) is 30.3 Å². The second kappa shape index (κ2) is 14.8. The highest BCUT2D eigenvalue weighted by molar-refractivity contribution is 6.06. The van der Waals surface area contributed by atoms with Gasteiger partial charge in [0.05, 0.1) is 16.8 Å². The topological polar surface area (TPSA) is 112 Å². The van der Waals surface area contributed by atoms with Crippen LogP contribution in [0.3, 0.4) is 0 Å². The van der Waals surface area contributed by atoms with Crippen molar-refractivity contribution in [2.24, 2.45) is 0 Å². The highest BCUT2D eigenvalue weighted by Crippen LogP contribution is 2.30. The van der Waals surface area contributed by atoms with E-state index in [4.69, 9.17) is 14.5 Å². The molecule has 3 N–H and O–H groups in total. The van der Waals surface area contributed by atoms with Gasteiger partial charge in [0.25, 0.3) is 5.91 Å². The van der Waals surface area contributed by atoms with Gasteiger partial charge in [-0.1, -0.05) is 55.5 Å². The number of aryl methyl sites for hydroxylation is 1. The molecule has 0 unspecified atom stereocenters. The zero-order valence-corrected chi connectivity index (χ0v) is 28.6. The number of imidazole rings is 1. The SMILES string of the molecule is CCc1ccc(-c2nc3c(N4CCN(CCOc5ccc(OC(=O)NC(C)(C)C)c(C(=O)Nc6ccccc6)c5)CC4)cccc3[nH]2)cc1. The second-order valence-corrected chi connectivity index (χ2v) is 13.2. The van der Waals surface area contributed by atoms with Crippen molar-refractivity contribution in [2.45, 2.75) is 39.7 Å². The zero-order valence-electron chi connectivity index (χ0n) is 28.6. The molecule has 0 bridgehead atoms. The summed E-state index contributed by atoms with van der Waals surface area (Å²) in [5.74, 6) is 1.15. The number of hydrogen-bond acceptors (Lipinski definition) is 7. The summed E-state index contributed by atoms with van der Waals surface area (Å²) in [6, 6.07) is 29.0. The average Bonchev–Trinajstić information content (AvgIpc) is 3.54. The van der Waals surface area contributed by atoms with E-state index in [2.05, 4.69) is 74.8 Å². The lowest BCUT2D eigenvalue weighted by Gasteiger charge is -2.36. The van der Waals surface area contributed by atoms with E-state index >= 15 is 0 Å².